The first-order valence-corrected chi connectivity index (χ1v) is 9.25. The topological polar surface area (TPSA) is 111 Å². The van der Waals surface area contributed by atoms with Crippen molar-refractivity contribution in [2.75, 3.05) is 10.6 Å². The molecular weight excluding hydrogens is 368 g/mol. The third-order valence-corrected chi connectivity index (χ3v) is 4.30. The number of nitrogens with one attached hydrogen (secondary N) is 2. The van der Waals surface area contributed by atoms with Crippen LogP contribution in [0.15, 0.2) is 79.1 Å². The monoisotopic (exact) mass is 390 g/mol. The second-order valence-electron chi connectivity index (χ2n) is 6.55. The van der Waals surface area contributed by atoms with Crippen molar-refractivity contribution >= 4 is 28.9 Å². The molecule has 3 aromatic rings. The molecule has 148 valence electrons. The van der Waals surface area contributed by atoms with Gasteiger partial charge in [0.1, 0.15) is 12.6 Å². The molecule has 0 bridgehead atoms. The molecule has 0 saturated carbocycles. The Hall–Kier alpha value is -3.71. The van der Waals surface area contributed by atoms with Crippen LogP contribution in [0.4, 0.5) is 17.1 Å². The summed E-state index contributed by atoms with van der Waals surface area (Å²) in [6.07, 6.45) is 3.12. The highest BCUT2D eigenvalue weighted by molar-refractivity contribution is 5.93. The van der Waals surface area contributed by atoms with Gasteiger partial charge in [-0.05, 0) is 42.5 Å². The number of quaternary nitrogens is 1. The minimum atomic E-state index is -1.27. The fraction of sp³-hybridized carbons (Fsp3) is 0.136. The number of nitrogens with two attached hydrogens (primary N) is 1. The van der Waals surface area contributed by atoms with Gasteiger partial charge in [-0.1, -0.05) is 24.3 Å². The number of aliphatic carboxylic acids is 1. The normalized spacial score (nSPS) is 11.4. The summed E-state index contributed by atoms with van der Waals surface area (Å²) in [4.78, 5) is 27.6. The van der Waals surface area contributed by atoms with Crippen molar-refractivity contribution in [2.24, 2.45) is 0 Å². The van der Waals surface area contributed by atoms with E-state index in [-0.39, 0.29) is 12.3 Å². The first-order chi connectivity index (χ1) is 14.1. The predicted octanol–water partition coefficient (Wildman–Crippen LogP) is 1.04. The van der Waals surface area contributed by atoms with Crippen LogP contribution in [0.3, 0.4) is 0 Å². The van der Waals surface area contributed by atoms with Crippen molar-refractivity contribution in [3.63, 3.8) is 0 Å². The fourth-order valence-corrected chi connectivity index (χ4v) is 2.80. The number of para-hydroxylation sites is 1. The van der Waals surface area contributed by atoms with Gasteiger partial charge in [0.25, 0.3) is 0 Å². The molecule has 3 rings (SSSR count). The van der Waals surface area contributed by atoms with E-state index in [1.165, 1.54) is 0 Å². The van der Waals surface area contributed by atoms with Gasteiger partial charge in [-0.3, -0.25) is 9.78 Å². The Labute approximate surface area is 168 Å². The smallest absolute Gasteiger partial charge is 0.230 e. The molecular formula is C22H22N4O3. The molecule has 4 N–H and O–H groups in total. The Morgan fingerprint density at radius 2 is 1.62 bits per heavy atom. The van der Waals surface area contributed by atoms with Crippen LogP contribution in [0, 0.1) is 0 Å². The van der Waals surface area contributed by atoms with Crippen LogP contribution in [0.25, 0.3) is 0 Å². The zero-order chi connectivity index (χ0) is 20.5. The van der Waals surface area contributed by atoms with E-state index in [1.807, 2.05) is 48.5 Å². The maximum absolute atomic E-state index is 12.3. The van der Waals surface area contributed by atoms with Gasteiger partial charge in [-0.15, -0.1) is 0 Å². The summed E-state index contributed by atoms with van der Waals surface area (Å²) in [6, 6.07) is 19.6. The van der Waals surface area contributed by atoms with Crippen molar-refractivity contribution in [1.82, 2.24) is 4.98 Å². The lowest BCUT2D eigenvalue weighted by Gasteiger charge is -2.16. The highest BCUT2D eigenvalue weighted by Gasteiger charge is 2.18. The number of nitrogens with zero attached hydrogens (tertiary/aromatic N) is 1. The molecule has 0 saturated heterocycles. The Bertz CT molecular complexity index is 931. The quantitative estimate of drug-likeness (QED) is 0.506. The highest BCUT2D eigenvalue weighted by atomic mass is 16.4. The van der Waals surface area contributed by atoms with Gasteiger partial charge in [0.05, 0.1) is 12.4 Å². The Kier molecular flexibility index (Phi) is 6.91. The minimum absolute atomic E-state index is 0.188. The largest absolute Gasteiger partial charge is 0.544 e. The molecule has 7 heteroatoms. The van der Waals surface area contributed by atoms with E-state index in [2.05, 4.69) is 15.6 Å². The summed E-state index contributed by atoms with van der Waals surface area (Å²) >= 11 is 0. The number of hydrogen-bond donors (Lipinski definition) is 3. The molecule has 2 aromatic carbocycles. The summed E-state index contributed by atoms with van der Waals surface area (Å²) < 4.78 is 0. The number of anilines is 3. The first-order valence-electron chi connectivity index (χ1n) is 9.25. The van der Waals surface area contributed by atoms with Crippen LogP contribution in [0.1, 0.15) is 12.0 Å². The Morgan fingerprint density at radius 1 is 0.931 bits per heavy atom. The summed E-state index contributed by atoms with van der Waals surface area (Å²) in [6.45, 7) is 0.402. The van der Waals surface area contributed by atoms with Crippen LogP contribution in [0.5, 0.6) is 0 Å². The van der Waals surface area contributed by atoms with Crippen molar-refractivity contribution in [3.8, 4) is 0 Å². The van der Waals surface area contributed by atoms with E-state index < -0.39 is 12.0 Å². The third kappa shape index (κ3) is 6.44. The van der Waals surface area contributed by atoms with Crippen molar-refractivity contribution < 1.29 is 20.0 Å². The number of benzene rings is 2. The summed E-state index contributed by atoms with van der Waals surface area (Å²) in [5, 5.41) is 18.9. The van der Waals surface area contributed by atoms with Gasteiger partial charge in [0.15, 0.2) is 0 Å². The molecule has 0 aliphatic heterocycles. The molecule has 7 nitrogen and oxygen atoms in total. The lowest BCUT2D eigenvalue weighted by Crippen LogP contribution is -2.92. The van der Waals surface area contributed by atoms with E-state index in [0.29, 0.717) is 12.2 Å². The SMILES string of the molecule is O=C(C[C@@H]([NH2+]Cc1cccnc1)C(=O)[O-])Nc1ccc(Nc2ccccc2)cc1. The molecule has 0 spiro atoms. The second-order valence-corrected chi connectivity index (χ2v) is 6.55. The average molecular weight is 390 g/mol. The molecule has 1 heterocycles. The number of pyridine rings is 1. The number of carbonyl (C=O) groups is 2. The standard InChI is InChI=1S/C22H22N4O3/c27-21(13-20(22(28)29)24-15-16-5-4-12-23-14-16)26-19-10-8-18(9-11-19)25-17-6-2-1-3-7-17/h1-12,14,20,24-25H,13,15H2,(H,26,27)(H,28,29)/t20-/m1/s1. The molecule has 0 unspecified atom stereocenters. The van der Waals surface area contributed by atoms with Gasteiger partial charge in [0, 0.05) is 35.0 Å². The lowest BCUT2D eigenvalue weighted by atomic mass is 10.1. The Morgan fingerprint density at radius 3 is 2.28 bits per heavy atom. The summed E-state index contributed by atoms with van der Waals surface area (Å²) in [5.74, 6) is -1.66. The van der Waals surface area contributed by atoms with Gasteiger partial charge in [-0.2, -0.15) is 0 Å². The van der Waals surface area contributed by atoms with E-state index in [0.717, 1.165) is 16.9 Å². The van der Waals surface area contributed by atoms with E-state index in [1.54, 1.807) is 35.9 Å². The number of carbonyl (C=O) groups excluding carboxylic acids is 2. The Balaban J connectivity index is 1.52. The van der Waals surface area contributed by atoms with Crippen LogP contribution in [-0.4, -0.2) is 22.9 Å². The lowest BCUT2D eigenvalue weighted by molar-refractivity contribution is -0.697. The molecule has 0 radical (unpaired) electrons. The molecule has 0 fully saturated rings. The summed E-state index contributed by atoms with van der Waals surface area (Å²) in [7, 11) is 0. The highest BCUT2D eigenvalue weighted by Crippen LogP contribution is 2.18. The number of amides is 1. The van der Waals surface area contributed by atoms with E-state index >= 15 is 0 Å². The maximum Gasteiger partial charge on any atom is 0.230 e. The number of rotatable bonds is 9. The number of carboxylic acids is 1. The number of hydrogen-bond acceptors (Lipinski definition) is 5. The summed E-state index contributed by atoms with van der Waals surface area (Å²) in [5.41, 5.74) is 3.32. The zero-order valence-corrected chi connectivity index (χ0v) is 15.7. The van der Waals surface area contributed by atoms with Crippen molar-refractivity contribution in [1.29, 1.82) is 0 Å². The predicted molar refractivity (Wildman–Crippen MR) is 108 cm³/mol. The second kappa shape index (κ2) is 10.0. The zero-order valence-electron chi connectivity index (χ0n) is 15.7. The number of aromatic nitrogens is 1. The average Bonchev–Trinajstić information content (AvgIpc) is 2.74. The van der Waals surface area contributed by atoms with E-state index in [9.17, 15) is 14.7 Å². The van der Waals surface area contributed by atoms with Crippen LogP contribution in [0.2, 0.25) is 0 Å². The molecule has 1 aromatic heterocycles. The molecule has 1 amide bonds. The van der Waals surface area contributed by atoms with Crippen LogP contribution < -0.4 is 21.1 Å². The van der Waals surface area contributed by atoms with E-state index in [4.69, 9.17) is 0 Å². The van der Waals surface area contributed by atoms with Crippen LogP contribution >= 0.6 is 0 Å². The molecule has 1 atom stereocenters. The van der Waals surface area contributed by atoms with Crippen molar-refractivity contribution in [2.45, 2.75) is 19.0 Å². The number of carboxylic acid groups (broad SMARTS) is 1. The molecule has 29 heavy (non-hydrogen) atoms. The van der Waals surface area contributed by atoms with Crippen molar-refractivity contribution in [3.05, 3.63) is 84.7 Å². The first kappa shape index (κ1) is 20.0. The van der Waals surface area contributed by atoms with Crippen LogP contribution in [-0.2, 0) is 16.1 Å². The third-order valence-electron chi connectivity index (χ3n) is 4.30. The van der Waals surface area contributed by atoms with Gasteiger partial charge < -0.3 is 25.9 Å². The fourth-order valence-electron chi connectivity index (χ4n) is 2.80. The van der Waals surface area contributed by atoms with Gasteiger partial charge in [-0.25, -0.2) is 0 Å². The maximum atomic E-state index is 12.3. The van der Waals surface area contributed by atoms with Gasteiger partial charge >= 0.3 is 0 Å². The minimum Gasteiger partial charge on any atom is -0.544 e. The van der Waals surface area contributed by atoms with Gasteiger partial charge in [0.2, 0.25) is 5.91 Å². The molecule has 0 aliphatic rings. The molecule has 0 aliphatic carbocycles.